The Bertz CT molecular complexity index is 345. The van der Waals surface area contributed by atoms with Crippen LogP contribution >= 0.6 is 0 Å². The van der Waals surface area contributed by atoms with Gasteiger partial charge in [-0.2, -0.15) is 0 Å². The molecule has 2 fully saturated rings. The SMILES string of the molecule is CC1CCC(NC(=O)N2C[C@@H](C)[C@H](C(=O)O)C2)C1. The molecule has 102 valence electrons. The van der Waals surface area contributed by atoms with Crippen LogP contribution in [0.15, 0.2) is 0 Å². The Morgan fingerprint density at radius 1 is 1.22 bits per heavy atom. The number of hydrogen-bond acceptors (Lipinski definition) is 2. The van der Waals surface area contributed by atoms with E-state index in [-0.39, 0.29) is 18.0 Å². The van der Waals surface area contributed by atoms with Gasteiger partial charge in [0.2, 0.25) is 0 Å². The van der Waals surface area contributed by atoms with Crippen molar-refractivity contribution in [2.45, 2.75) is 39.2 Å². The number of urea groups is 1. The van der Waals surface area contributed by atoms with Crippen molar-refractivity contribution in [2.24, 2.45) is 17.8 Å². The summed E-state index contributed by atoms with van der Waals surface area (Å²) in [7, 11) is 0. The highest BCUT2D eigenvalue weighted by Crippen LogP contribution is 2.26. The average Bonchev–Trinajstić information content (AvgIpc) is 2.85. The summed E-state index contributed by atoms with van der Waals surface area (Å²) in [6.45, 7) is 4.98. The predicted molar refractivity (Wildman–Crippen MR) is 67.2 cm³/mol. The van der Waals surface area contributed by atoms with E-state index in [0.717, 1.165) is 12.8 Å². The third-order valence-electron chi connectivity index (χ3n) is 4.24. The highest BCUT2D eigenvalue weighted by Gasteiger charge is 2.37. The van der Waals surface area contributed by atoms with Crippen LogP contribution in [-0.2, 0) is 4.79 Å². The largest absolute Gasteiger partial charge is 0.481 e. The lowest BCUT2D eigenvalue weighted by Gasteiger charge is -2.20. The molecular formula is C13H22N2O3. The van der Waals surface area contributed by atoms with Crippen molar-refractivity contribution in [3.63, 3.8) is 0 Å². The summed E-state index contributed by atoms with van der Waals surface area (Å²) in [5, 5.41) is 12.1. The molecule has 1 heterocycles. The summed E-state index contributed by atoms with van der Waals surface area (Å²) in [5.41, 5.74) is 0. The molecule has 1 aliphatic heterocycles. The van der Waals surface area contributed by atoms with E-state index >= 15 is 0 Å². The second-order valence-corrected chi connectivity index (χ2v) is 5.89. The first kappa shape index (κ1) is 13.2. The fraction of sp³-hybridized carbons (Fsp3) is 0.846. The summed E-state index contributed by atoms with van der Waals surface area (Å²) >= 11 is 0. The number of amides is 2. The number of rotatable bonds is 2. The zero-order chi connectivity index (χ0) is 13.3. The lowest BCUT2D eigenvalue weighted by atomic mass is 9.99. The molecule has 2 N–H and O–H groups in total. The van der Waals surface area contributed by atoms with E-state index in [2.05, 4.69) is 12.2 Å². The Morgan fingerprint density at radius 3 is 2.44 bits per heavy atom. The van der Waals surface area contributed by atoms with Gasteiger partial charge in [-0.3, -0.25) is 4.79 Å². The maximum Gasteiger partial charge on any atom is 0.317 e. The van der Waals surface area contributed by atoms with Gasteiger partial charge in [-0.1, -0.05) is 13.8 Å². The van der Waals surface area contributed by atoms with Crippen LogP contribution in [-0.4, -0.2) is 41.1 Å². The van der Waals surface area contributed by atoms with E-state index in [1.165, 1.54) is 6.42 Å². The Kier molecular flexibility index (Phi) is 3.78. The quantitative estimate of drug-likeness (QED) is 0.785. The van der Waals surface area contributed by atoms with Gasteiger partial charge in [-0.05, 0) is 31.1 Å². The minimum absolute atomic E-state index is 0.0377. The molecule has 0 bridgehead atoms. The van der Waals surface area contributed by atoms with Gasteiger partial charge in [0.1, 0.15) is 0 Å². The van der Waals surface area contributed by atoms with Crippen molar-refractivity contribution in [1.82, 2.24) is 10.2 Å². The zero-order valence-corrected chi connectivity index (χ0v) is 11.1. The number of aliphatic carboxylic acids is 1. The first-order valence-electron chi connectivity index (χ1n) is 6.75. The summed E-state index contributed by atoms with van der Waals surface area (Å²) in [6, 6.07) is 0.177. The standard InChI is InChI=1S/C13H22N2O3/c1-8-3-4-10(5-8)14-13(18)15-6-9(2)11(7-15)12(16)17/h8-11H,3-7H2,1-2H3,(H,14,18)(H,16,17)/t8?,9-,10?,11-/m1/s1. The van der Waals surface area contributed by atoms with Crippen LogP contribution in [0.4, 0.5) is 4.79 Å². The number of carbonyl (C=O) groups excluding carboxylic acids is 1. The van der Waals surface area contributed by atoms with Crippen LogP contribution in [0.1, 0.15) is 33.1 Å². The fourth-order valence-corrected chi connectivity index (χ4v) is 3.06. The van der Waals surface area contributed by atoms with E-state index in [0.29, 0.717) is 19.0 Å². The molecule has 18 heavy (non-hydrogen) atoms. The Labute approximate surface area is 108 Å². The van der Waals surface area contributed by atoms with Gasteiger partial charge in [0.25, 0.3) is 0 Å². The summed E-state index contributed by atoms with van der Waals surface area (Å²) in [5.74, 6) is -0.499. The third kappa shape index (κ3) is 2.76. The monoisotopic (exact) mass is 254 g/mol. The van der Waals surface area contributed by atoms with Crippen molar-refractivity contribution in [2.75, 3.05) is 13.1 Å². The van der Waals surface area contributed by atoms with Crippen molar-refractivity contribution in [1.29, 1.82) is 0 Å². The topological polar surface area (TPSA) is 69.6 Å². The van der Waals surface area contributed by atoms with Gasteiger partial charge in [-0.25, -0.2) is 4.79 Å². The second-order valence-electron chi connectivity index (χ2n) is 5.89. The van der Waals surface area contributed by atoms with E-state index in [1.54, 1.807) is 4.90 Å². The number of carboxylic acids is 1. The van der Waals surface area contributed by atoms with Crippen LogP contribution in [0.5, 0.6) is 0 Å². The van der Waals surface area contributed by atoms with Crippen LogP contribution in [0, 0.1) is 17.8 Å². The minimum Gasteiger partial charge on any atom is -0.481 e. The molecule has 2 amide bonds. The molecule has 0 aromatic heterocycles. The summed E-state index contributed by atoms with van der Waals surface area (Å²) < 4.78 is 0. The van der Waals surface area contributed by atoms with Crippen LogP contribution in [0.25, 0.3) is 0 Å². The molecule has 0 spiro atoms. The summed E-state index contributed by atoms with van der Waals surface area (Å²) in [6.07, 6.45) is 3.25. The predicted octanol–water partition coefficient (Wildman–Crippen LogP) is 1.54. The molecular weight excluding hydrogens is 232 g/mol. The van der Waals surface area contributed by atoms with Crippen LogP contribution in [0.3, 0.4) is 0 Å². The first-order valence-corrected chi connectivity index (χ1v) is 6.75. The molecule has 2 unspecified atom stereocenters. The first-order chi connectivity index (χ1) is 8.47. The number of nitrogens with one attached hydrogen (secondary N) is 1. The Balaban J connectivity index is 1.85. The fourth-order valence-electron chi connectivity index (χ4n) is 3.06. The van der Waals surface area contributed by atoms with Gasteiger partial charge in [-0.15, -0.1) is 0 Å². The average molecular weight is 254 g/mol. The van der Waals surface area contributed by atoms with E-state index in [9.17, 15) is 9.59 Å². The minimum atomic E-state index is -0.799. The van der Waals surface area contributed by atoms with E-state index in [1.807, 2.05) is 6.92 Å². The van der Waals surface area contributed by atoms with Gasteiger partial charge >= 0.3 is 12.0 Å². The number of carbonyl (C=O) groups is 2. The van der Waals surface area contributed by atoms with Crippen molar-refractivity contribution in [3.05, 3.63) is 0 Å². The number of hydrogen-bond donors (Lipinski definition) is 2. The maximum absolute atomic E-state index is 12.0. The molecule has 0 radical (unpaired) electrons. The maximum atomic E-state index is 12.0. The number of carboxylic acid groups (broad SMARTS) is 1. The normalized spacial score (nSPS) is 35.8. The molecule has 2 rings (SSSR count). The highest BCUT2D eigenvalue weighted by molar-refractivity contribution is 5.77. The lowest BCUT2D eigenvalue weighted by molar-refractivity contribution is -0.142. The summed E-state index contributed by atoms with van der Waals surface area (Å²) in [4.78, 5) is 24.7. The highest BCUT2D eigenvalue weighted by atomic mass is 16.4. The molecule has 0 aromatic carbocycles. The lowest BCUT2D eigenvalue weighted by Crippen LogP contribution is -2.43. The van der Waals surface area contributed by atoms with Gasteiger partial charge in [0.15, 0.2) is 0 Å². The Morgan fingerprint density at radius 2 is 1.94 bits per heavy atom. The van der Waals surface area contributed by atoms with Crippen molar-refractivity contribution >= 4 is 12.0 Å². The van der Waals surface area contributed by atoms with Gasteiger partial charge < -0.3 is 15.3 Å². The molecule has 5 nitrogen and oxygen atoms in total. The molecule has 4 atom stereocenters. The molecule has 1 saturated carbocycles. The molecule has 1 aliphatic carbocycles. The van der Waals surface area contributed by atoms with Gasteiger partial charge in [0.05, 0.1) is 5.92 Å². The molecule has 1 saturated heterocycles. The van der Waals surface area contributed by atoms with Crippen LogP contribution in [0.2, 0.25) is 0 Å². The second kappa shape index (κ2) is 5.16. The van der Waals surface area contributed by atoms with E-state index < -0.39 is 11.9 Å². The zero-order valence-electron chi connectivity index (χ0n) is 11.1. The molecule has 2 aliphatic rings. The Hall–Kier alpha value is -1.26. The van der Waals surface area contributed by atoms with Gasteiger partial charge in [0, 0.05) is 19.1 Å². The smallest absolute Gasteiger partial charge is 0.317 e. The molecule has 0 aromatic rings. The third-order valence-corrected chi connectivity index (χ3v) is 4.24. The van der Waals surface area contributed by atoms with E-state index in [4.69, 9.17) is 5.11 Å². The number of likely N-dealkylation sites (tertiary alicyclic amines) is 1. The van der Waals surface area contributed by atoms with Crippen LogP contribution < -0.4 is 5.32 Å². The van der Waals surface area contributed by atoms with Crippen molar-refractivity contribution < 1.29 is 14.7 Å². The number of nitrogens with zero attached hydrogens (tertiary/aromatic N) is 1. The van der Waals surface area contributed by atoms with Crippen molar-refractivity contribution in [3.8, 4) is 0 Å². The molecule has 5 heteroatoms.